The van der Waals surface area contributed by atoms with Crippen LogP contribution in [-0.2, 0) is 9.59 Å². The van der Waals surface area contributed by atoms with Gasteiger partial charge in [0, 0.05) is 12.8 Å². The highest BCUT2D eigenvalue weighted by Gasteiger charge is 1.90. The van der Waals surface area contributed by atoms with Crippen LogP contribution in [0.15, 0.2) is 0 Å². The fraction of sp³-hybridized carbons (Fsp3) is 0.600. The zero-order valence-electron chi connectivity index (χ0n) is 4.59. The first-order chi connectivity index (χ1) is 3.77. The van der Waals surface area contributed by atoms with Crippen LogP contribution in [0.4, 0.5) is 0 Å². The zero-order chi connectivity index (χ0) is 6.41. The van der Waals surface area contributed by atoms with Crippen LogP contribution in [0.3, 0.4) is 0 Å². The molecular weight excluding hydrogens is 106 g/mol. The fourth-order valence-corrected chi connectivity index (χ4v) is 0.360. The van der Waals surface area contributed by atoms with E-state index in [4.69, 9.17) is 5.73 Å². The number of hydrogen-bond donors (Lipinski definition) is 1. The first-order valence-corrected chi connectivity index (χ1v) is 2.49. The number of aldehydes is 1. The summed E-state index contributed by atoms with van der Waals surface area (Å²) in [6.07, 6.45) is 2.11. The lowest BCUT2D eigenvalue weighted by Gasteiger charge is -1.86. The molecule has 0 aromatic carbocycles. The van der Waals surface area contributed by atoms with Gasteiger partial charge >= 0.3 is 0 Å². The van der Waals surface area contributed by atoms with Crippen molar-refractivity contribution in [2.75, 3.05) is 0 Å². The lowest BCUT2D eigenvalue weighted by molar-refractivity contribution is -0.118. The van der Waals surface area contributed by atoms with E-state index in [1.54, 1.807) is 0 Å². The van der Waals surface area contributed by atoms with Gasteiger partial charge in [-0.05, 0) is 6.42 Å². The molecule has 0 aromatic heterocycles. The second kappa shape index (κ2) is 4.30. The summed E-state index contributed by atoms with van der Waals surface area (Å²) in [6, 6.07) is 0. The van der Waals surface area contributed by atoms with E-state index in [-0.39, 0.29) is 5.91 Å². The van der Waals surface area contributed by atoms with Gasteiger partial charge in [-0.25, -0.2) is 0 Å². The predicted octanol–water partition coefficient (Wildman–Crippen LogP) is -0.159. The molecule has 0 fully saturated rings. The van der Waals surface area contributed by atoms with Crippen molar-refractivity contribution in [3.8, 4) is 0 Å². The molecule has 0 atom stereocenters. The number of carbonyl (C=O) groups excluding carboxylic acids is 2. The molecule has 0 aliphatic rings. The number of primary amides is 1. The van der Waals surface area contributed by atoms with Crippen LogP contribution >= 0.6 is 0 Å². The van der Waals surface area contributed by atoms with Crippen LogP contribution in [0, 0.1) is 0 Å². The predicted molar refractivity (Wildman–Crippen MR) is 29.1 cm³/mol. The summed E-state index contributed by atoms with van der Waals surface area (Å²) in [4.78, 5) is 19.6. The Labute approximate surface area is 47.9 Å². The van der Waals surface area contributed by atoms with Crippen molar-refractivity contribution in [2.45, 2.75) is 19.3 Å². The monoisotopic (exact) mass is 115 g/mol. The number of hydrogen-bond acceptors (Lipinski definition) is 2. The Morgan fingerprint density at radius 3 is 2.62 bits per heavy atom. The normalized spacial score (nSPS) is 8.50. The van der Waals surface area contributed by atoms with Gasteiger partial charge < -0.3 is 10.5 Å². The largest absolute Gasteiger partial charge is 0.370 e. The van der Waals surface area contributed by atoms with E-state index in [1.807, 2.05) is 0 Å². The highest BCUT2D eigenvalue weighted by Crippen LogP contribution is 1.88. The second-order valence-corrected chi connectivity index (χ2v) is 1.53. The minimum atomic E-state index is -0.341. The summed E-state index contributed by atoms with van der Waals surface area (Å²) in [6.45, 7) is 0. The van der Waals surface area contributed by atoms with Crippen molar-refractivity contribution >= 4 is 12.2 Å². The first-order valence-electron chi connectivity index (χ1n) is 2.49. The third-order valence-electron chi connectivity index (χ3n) is 0.745. The Kier molecular flexibility index (Phi) is 3.84. The molecule has 0 spiro atoms. The van der Waals surface area contributed by atoms with Crippen molar-refractivity contribution in [3.05, 3.63) is 0 Å². The summed E-state index contributed by atoms with van der Waals surface area (Å²) < 4.78 is 0. The Bertz CT molecular complexity index is 90.4. The van der Waals surface area contributed by atoms with E-state index in [9.17, 15) is 9.59 Å². The molecular formula is C5H9NO2. The second-order valence-electron chi connectivity index (χ2n) is 1.53. The molecule has 8 heavy (non-hydrogen) atoms. The van der Waals surface area contributed by atoms with Crippen LogP contribution in [0.1, 0.15) is 19.3 Å². The first kappa shape index (κ1) is 7.14. The lowest BCUT2D eigenvalue weighted by atomic mass is 10.2. The maximum absolute atomic E-state index is 9.98. The van der Waals surface area contributed by atoms with E-state index in [0.717, 1.165) is 6.29 Å². The molecule has 3 nitrogen and oxygen atoms in total. The van der Waals surface area contributed by atoms with Gasteiger partial charge in [0.2, 0.25) is 5.91 Å². The third kappa shape index (κ3) is 5.14. The van der Waals surface area contributed by atoms with Crippen LogP contribution in [0.5, 0.6) is 0 Å². The van der Waals surface area contributed by atoms with Crippen molar-refractivity contribution in [1.29, 1.82) is 0 Å². The molecule has 3 heteroatoms. The van der Waals surface area contributed by atoms with Gasteiger partial charge in [-0.2, -0.15) is 0 Å². The molecule has 0 saturated carbocycles. The van der Waals surface area contributed by atoms with E-state index >= 15 is 0 Å². The molecule has 0 aliphatic carbocycles. The summed E-state index contributed by atoms with van der Waals surface area (Å²) in [7, 11) is 0. The van der Waals surface area contributed by atoms with E-state index in [1.165, 1.54) is 0 Å². The molecule has 2 N–H and O–H groups in total. The van der Waals surface area contributed by atoms with Crippen LogP contribution < -0.4 is 5.73 Å². The minimum Gasteiger partial charge on any atom is -0.370 e. The molecule has 0 aliphatic heterocycles. The molecule has 0 radical (unpaired) electrons. The van der Waals surface area contributed by atoms with Crippen molar-refractivity contribution in [3.63, 3.8) is 0 Å². The average Bonchev–Trinajstić information content (AvgIpc) is 1.66. The molecule has 0 bridgehead atoms. The van der Waals surface area contributed by atoms with Gasteiger partial charge in [0.25, 0.3) is 0 Å². The number of nitrogens with two attached hydrogens (primary N) is 1. The molecule has 0 unspecified atom stereocenters. The van der Waals surface area contributed by atoms with Crippen molar-refractivity contribution in [1.82, 2.24) is 0 Å². The standard InChI is InChI=1S/C5H9NO2/c6-5(8)3-1-2-4-7/h4H,1-3H2,(H2,6,8). The highest BCUT2D eigenvalue weighted by molar-refractivity contribution is 5.73. The number of carbonyl (C=O) groups is 2. The van der Waals surface area contributed by atoms with Crippen molar-refractivity contribution in [2.24, 2.45) is 5.73 Å². The third-order valence-corrected chi connectivity index (χ3v) is 0.745. The minimum absolute atomic E-state index is 0.318. The Morgan fingerprint density at radius 2 is 2.25 bits per heavy atom. The molecule has 0 saturated heterocycles. The molecule has 1 amide bonds. The maximum atomic E-state index is 9.98. The lowest BCUT2D eigenvalue weighted by Crippen LogP contribution is -2.09. The Morgan fingerprint density at radius 1 is 1.62 bits per heavy atom. The number of unbranched alkanes of at least 4 members (excludes halogenated alkanes) is 1. The van der Waals surface area contributed by atoms with Gasteiger partial charge in [-0.15, -0.1) is 0 Å². The SMILES string of the molecule is NC(=O)CCCC=O. The Hall–Kier alpha value is -0.860. The van der Waals surface area contributed by atoms with Crippen molar-refractivity contribution < 1.29 is 9.59 Å². The van der Waals surface area contributed by atoms with Crippen LogP contribution in [0.2, 0.25) is 0 Å². The van der Waals surface area contributed by atoms with E-state index < -0.39 is 0 Å². The Balaban J connectivity index is 2.93. The van der Waals surface area contributed by atoms with Gasteiger partial charge in [0.15, 0.2) is 0 Å². The zero-order valence-corrected chi connectivity index (χ0v) is 4.59. The molecule has 0 rings (SSSR count). The number of amides is 1. The van der Waals surface area contributed by atoms with Gasteiger partial charge in [-0.1, -0.05) is 0 Å². The molecule has 46 valence electrons. The quantitative estimate of drug-likeness (QED) is 0.409. The average molecular weight is 115 g/mol. The fourth-order valence-electron chi connectivity index (χ4n) is 0.360. The van der Waals surface area contributed by atoms with E-state index in [0.29, 0.717) is 19.3 Å². The number of rotatable bonds is 4. The smallest absolute Gasteiger partial charge is 0.217 e. The van der Waals surface area contributed by atoms with E-state index in [2.05, 4.69) is 0 Å². The van der Waals surface area contributed by atoms with Gasteiger partial charge in [0.1, 0.15) is 6.29 Å². The maximum Gasteiger partial charge on any atom is 0.217 e. The highest BCUT2D eigenvalue weighted by atomic mass is 16.1. The summed E-state index contributed by atoms with van der Waals surface area (Å²) in [5, 5.41) is 0. The topological polar surface area (TPSA) is 60.2 Å². The van der Waals surface area contributed by atoms with Gasteiger partial charge in [0.05, 0.1) is 0 Å². The summed E-state index contributed by atoms with van der Waals surface area (Å²) in [5.41, 5.74) is 4.78. The summed E-state index contributed by atoms with van der Waals surface area (Å²) >= 11 is 0. The van der Waals surface area contributed by atoms with Crippen LogP contribution in [-0.4, -0.2) is 12.2 Å². The molecule has 0 aromatic rings. The van der Waals surface area contributed by atoms with Crippen LogP contribution in [0.25, 0.3) is 0 Å². The molecule has 0 heterocycles. The summed E-state index contributed by atoms with van der Waals surface area (Å²) in [5.74, 6) is -0.341. The van der Waals surface area contributed by atoms with Gasteiger partial charge in [-0.3, -0.25) is 4.79 Å².